The predicted molar refractivity (Wildman–Crippen MR) is 115 cm³/mol. The fourth-order valence-electron chi connectivity index (χ4n) is 3.73. The number of fused-ring (bicyclic) bond motifs is 2. The highest BCUT2D eigenvalue weighted by Crippen LogP contribution is 2.32. The second-order valence-electron chi connectivity index (χ2n) is 7.10. The maximum atomic E-state index is 5.49. The maximum Gasteiger partial charge on any atom is 0.201 e. The molecule has 4 nitrogen and oxygen atoms in total. The monoisotopic (exact) mass is 382 g/mol. The van der Waals surface area contributed by atoms with Crippen LogP contribution >= 0.6 is 11.3 Å². The van der Waals surface area contributed by atoms with Gasteiger partial charge in [-0.1, -0.05) is 13.8 Å². The first-order valence-electron chi connectivity index (χ1n) is 10.0. The van der Waals surface area contributed by atoms with E-state index in [1.54, 1.807) is 0 Å². The van der Waals surface area contributed by atoms with E-state index in [1.165, 1.54) is 33.5 Å². The third-order valence-electron chi connectivity index (χ3n) is 5.08. The Labute approximate surface area is 165 Å². The smallest absolute Gasteiger partial charge is 0.201 e. The number of morpholine rings is 1. The predicted octanol–water partition coefficient (Wildman–Crippen LogP) is 3.83. The average molecular weight is 383 g/mol. The second kappa shape index (κ2) is 8.36. The first kappa shape index (κ1) is 18.4. The number of anilines is 1. The Morgan fingerprint density at radius 3 is 2.56 bits per heavy atom. The summed E-state index contributed by atoms with van der Waals surface area (Å²) in [6.45, 7) is 10.2. The quantitative estimate of drug-likeness (QED) is 0.496. The Morgan fingerprint density at radius 2 is 1.81 bits per heavy atom. The summed E-state index contributed by atoms with van der Waals surface area (Å²) in [4.78, 5) is 8.64. The van der Waals surface area contributed by atoms with Crippen LogP contribution in [-0.4, -0.2) is 44.4 Å². The summed E-state index contributed by atoms with van der Waals surface area (Å²) in [5.41, 5.74) is 3.48. The van der Waals surface area contributed by atoms with Gasteiger partial charge in [-0.25, -0.2) is 9.56 Å². The Bertz CT molecular complexity index is 951. The Morgan fingerprint density at radius 1 is 1.04 bits per heavy atom. The molecule has 1 saturated heterocycles. The highest BCUT2D eigenvalue weighted by molar-refractivity contribution is 7.21. The Balaban J connectivity index is 1.78. The van der Waals surface area contributed by atoms with E-state index >= 15 is 0 Å². The molecule has 0 N–H and O–H groups in total. The SMILES string of the molecule is CCCN(CCC)c1ccc2nc3ccc(=[N+]4CCOCC4)cc-3sc2c1. The topological polar surface area (TPSA) is 28.4 Å². The standard InChI is InChI=1S/C22H28N3OS/c1-3-9-24(10-4-2)17-5-7-19-21(15-17)27-22-16-18(6-8-20(22)23-19)25-11-13-26-14-12-25/h5-8,15-16H,3-4,9-14H2,1-2H3/q+1. The molecule has 1 fully saturated rings. The minimum Gasteiger partial charge on any atom is -0.372 e. The lowest BCUT2D eigenvalue weighted by Gasteiger charge is -2.24. The van der Waals surface area contributed by atoms with Crippen LogP contribution in [0.3, 0.4) is 0 Å². The number of hydrogen-bond donors (Lipinski definition) is 0. The molecular formula is C22H28N3OS+. The molecule has 4 rings (SSSR count). The van der Waals surface area contributed by atoms with Gasteiger partial charge in [0.05, 0.1) is 20.8 Å². The third-order valence-corrected chi connectivity index (χ3v) is 6.17. The molecule has 0 saturated carbocycles. The van der Waals surface area contributed by atoms with Gasteiger partial charge in [-0.05, 0) is 37.1 Å². The summed E-state index contributed by atoms with van der Waals surface area (Å²) >= 11 is 1.85. The van der Waals surface area contributed by atoms with Gasteiger partial charge in [0.1, 0.15) is 13.2 Å². The van der Waals surface area contributed by atoms with Gasteiger partial charge in [-0.3, -0.25) is 0 Å². The lowest BCUT2D eigenvalue weighted by Crippen LogP contribution is -2.39. The molecule has 0 radical (unpaired) electrons. The number of benzene rings is 2. The number of ether oxygens (including phenoxy) is 1. The molecule has 0 bridgehead atoms. The maximum absolute atomic E-state index is 5.49. The van der Waals surface area contributed by atoms with Crippen molar-refractivity contribution < 1.29 is 4.74 Å². The molecule has 0 aromatic heterocycles. The zero-order valence-corrected chi connectivity index (χ0v) is 17.1. The third kappa shape index (κ3) is 3.99. The molecule has 2 aliphatic heterocycles. The summed E-state index contributed by atoms with van der Waals surface area (Å²) < 4.78 is 9.15. The molecule has 0 atom stereocenters. The van der Waals surface area contributed by atoms with Crippen LogP contribution in [0.25, 0.3) is 20.8 Å². The minimum atomic E-state index is 0.811. The van der Waals surface area contributed by atoms with Crippen LogP contribution in [0.15, 0.2) is 36.4 Å². The van der Waals surface area contributed by atoms with Gasteiger partial charge in [0.15, 0.2) is 13.1 Å². The zero-order chi connectivity index (χ0) is 18.6. The van der Waals surface area contributed by atoms with E-state index in [0.29, 0.717) is 0 Å². The van der Waals surface area contributed by atoms with Crippen LogP contribution in [0.5, 0.6) is 0 Å². The second-order valence-corrected chi connectivity index (χ2v) is 8.19. The van der Waals surface area contributed by atoms with Crippen LogP contribution in [0.2, 0.25) is 0 Å². The molecule has 1 aromatic rings. The highest BCUT2D eigenvalue weighted by atomic mass is 32.1. The first-order chi connectivity index (χ1) is 13.3. The van der Waals surface area contributed by atoms with E-state index in [0.717, 1.165) is 50.6 Å². The molecule has 27 heavy (non-hydrogen) atoms. The van der Waals surface area contributed by atoms with Crippen molar-refractivity contribution in [3.8, 4) is 10.6 Å². The summed E-state index contributed by atoms with van der Waals surface area (Å²) in [6.07, 6.45) is 2.33. The van der Waals surface area contributed by atoms with E-state index in [1.807, 2.05) is 11.3 Å². The van der Waals surface area contributed by atoms with Gasteiger partial charge < -0.3 is 9.64 Å². The number of hydrogen-bond acceptors (Lipinski definition) is 4. The van der Waals surface area contributed by atoms with E-state index in [4.69, 9.17) is 9.72 Å². The lowest BCUT2D eigenvalue weighted by atomic mass is 10.2. The molecule has 0 spiro atoms. The van der Waals surface area contributed by atoms with E-state index in [9.17, 15) is 0 Å². The van der Waals surface area contributed by atoms with Crippen molar-refractivity contribution in [3.63, 3.8) is 0 Å². The molecule has 0 amide bonds. The minimum absolute atomic E-state index is 0.811. The Kier molecular flexibility index (Phi) is 5.69. The molecule has 142 valence electrons. The van der Waals surface area contributed by atoms with Crippen LogP contribution in [0.1, 0.15) is 26.7 Å². The van der Waals surface area contributed by atoms with Gasteiger partial charge in [-0.2, -0.15) is 0 Å². The van der Waals surface area contributed by atoms with Crippen molar-refractivity contribution in [1.29, 1.82) is 0 Å². The van der Waals surface area contributed by atoms with Crippen LogP contribution < -0.4 is 14.8 Å². The van der Waals surface area contributed by atoms with E-state index in [2.05, 4.69) is 59.7 Å². The molecule has 1 aliphatic carbocycles. The fourth-order valence-corrected chi connectivity index (χ4v) is 4.76. The van der Waals surface area contributed by atoms with Crippen molar-refractivity contribution in [3.05, 3.63) is 41.8 Å². The Hall–Kier alpha value is -1.98. The molecule has 5 heteroatoms. The largest absolute Gasteiger partial charge is 0.372 e. The molecular weight excluding hydrogens is 354 g/mol. The van der Waals surface area contributed by atoms with Crippen molar-refractivity contribution in [1.82, 2.24) is 9.56 Å². The summed E-state index contributed by atoms with van der Waals surface area (Å²) in [5, 5.41) is 1.28. The summed E-state index contributed by atoms with van der Waals surface area (Å²) in [5.74, 6) is 0. The summed E-state index contributed by atoms with van der Waals surface area (Å²) in [7, 11) is 0. The molecule has 2 heterocycles. The molecule has 3 aliphatic rings. The van der Waals surface area contributed by atoms with Gasteiger partial charge in [-0.15, -0.1) is 11.3 Å². The lowest BCUT2D eigenvalue weighted by molar-refractivity contribution is 0.0966. The van der Waals surface area contributed by atoms with Crippen molar-refractivity contribution in [2.24, 2.45) is 0 Å². The number of nitrogens with zero attached hydrogens (tertiary/aromatic N) is 3. The van der Waals surface area contributed by atoms with Gasteiger partial charge in [0.25, 0.3) is 0 Å². The van der Waals surface area contributed by atoms with Crippen LogP contribution in [0.4, 0.5) is 5.69 Å². The van der Waals surface area contributed by atoms with Gasteiger partial charge >= 0.3 is 0 Å². The van der Waals surface area contributed by atoms with Crippen molar-refractivity contribution >= 4 is 27.2 Å². The van der Waals surface area contributed by atoms with Gasteiger partial charge in [0, 0.05) is 30.9 Å². The fraction of sp³-hybridized carbons (Fsp3) is 0.455. The highest BCUT2D eigenvalue weighted by Gasteiger charge is 2.15. The van der Waals surface area contributed by atoms with Crippen molar-refractivity contribution in [2.75, 3.05) is 44.3 Å². The van der Waals surface area contributed by atoms with Crippen LogP contribution in [0, 0.1) is 0 Å². The first-order valence-corrected chi connectivity index (χ1v) is 10.9. The normalized spacial score (nSPS) is 14.8. The number of aromatic nitrogens is 1. The number of rotatable bonds is 5. The van der Waals surface area contributed by atoms with E-state index in [-0.39, 0.29) is 0 Å². The molecule has 0 unspecified atom stereocenters. The van der Waals surface area contributed by atoms with E-state index < -0.39 is 0 Å². The summed E-state index contributed by atoms with van der Waals surface area (Å²) in [6, 6.07) is 13.4. The van der Waals surface area contributed by atoms with Crippen molar-refractivity contribution in [2.45, 2.75) is 26.7 Å². The zero-order valence-electron chi connectivity index (χ0n) is 16.3. The average Bonchev–Trinajstić information content (AvgIpc) is 2.72. The van der Waals surface area contributed by atoms with Gasteiger partial charge in [0.2, 0.25) is 5.36 Å². The van der Waals surface area contributed by atoms with Crippen LogP contribution in [-0.2, 0) is 4.74 Å². The molecule has 1 aromatic carbocycles.